The largest absolute Gasteiger partial charge is 0.756 e. The van der Waals surface area contributed by atoms with Gasteiger partial charge in [-0.15, -0.1) is 0 Å². The molecule has 0 aromatic carbocycles. The molecule has 0 saturated heterocycles. The number of likely N-dealkylation sites (N-methyl/N-ethyl adjacent to an activating group) is 1. The molecule has 0 fully saturated rings. The van der Waals surface area contributed by atoms with Crippen LogP contribution in [-0.2, 0) is 18.4 Å². The molecule has 0 heterocycles. The minimum absolute atomic E-state index is 0.00544. The quantitative estimate of drug-likeness (QED) is 0.0272. The number of hydrogen-bond acceptors (Lipinski definition) is 6. The highest BCUT2D eigenvalue weighted by Crippen LogP contribution is 2.38. The summed E-state index contributed by atoms with van der Waals surface area (Å²) in [6.45, 7) is 4.68. The number of hydrogen-bond donors (Lipinski definition) is 2. The molecule has 77 heavy (non-hydrogen) atoms. The Kier molecular flexibility index (Phi) is 58.4. The topological polar surface area (TPSA) is 108 Å². The molecule has 8 nitrogen and oxygen atoms in total. The van der Waals surface area contributed by atoms with Gasteiger partial charge in [-0.05, 0) is 57.8 Å². The summed E-state index contributed by atoms with van der Waals surface area (Å²) in [4.78, 5) is 25.6. The molecule has 0 aliphatic rings. The lowest BCUT2D eigenvalue weighted by Gasteiger charge is -2.29. The Hall–Kier alpha value is -1.28. The van der Waals surface area contributed by atoms with E-state index in [2.05, 4.69) is 43.5 Å². The number of carbonyl (C=O) groups is 1. The van der Waals surface area contributed by atoms with Crippen molar-refractivity contribution in [2.24, 2.45) is 0 Å². The molecule has 1 amide bonds. The number of carbonyl (C=O) groups excluding carboxylic acids is 1. The van der Waals surface area contributed by atoms with Gasteiger partial charge in [-0.25, -0.2) is 0 Å². The summed E-state index contributed by atoms with van der Waals surface area (Å²) < 4.78 is 23.4. The summed E-state index contributed by atoms with van der Waals surface area (Å²) in [7, 11) is 1.26. The molecule has 3 unspecified atom stereocenters. The summed E-state index contributed by atoms with van der Waals surface area (Å²) in [6, 6.07) is -0.905. The molecular weight excluding hydrogens is 972 g/mol. The van der Waals surface area contributed by atoms with Crippen LogP contribution in [0.1, 0.15) is 341 Å². The number of aliphatic hydroxyl groups is 1. The highest BCUT2D eigenvalue weighted by molar-refractivity contribution is 7.45. The number of allylic oxidation sites excluding steroid dienone is 5. The van der Waals surface area contributed by atoms with Crippen LogP contribution in [-0.4, -0.2) is 68.5 Å². The Labute approximate surface area is 480 Å². The Balaban J connectivity index is 4.10. The van der Waals surface area contributed by atoms with Gasteiger partial charge >= 0.3 is 0 Å². The Morgan fingerprint density at radius 2 is 0.727 bits per heavy atom. The molecule has 456 valence electrons. The van der Waals surface area contributed by atoms with Crippen LogP contribution in [0.4, 0.5) is 0 Å². The van der Waals surface area contributed by atoms with Gasteiger partial charge in [0.2, 0.25) is 5.91 Å². The van der Waals surface area contributed by atoms with E-state index in [9.17, 15) is 19.4 Å². The minimum atomic E-state index is -4.61. The molecule has 3 atom stereocenters. The normalized spacial score (nSPS) is 13.9. The van der Waals surface area contributed by atoms with Crippen LogP contribution in [0.2, 0.25) is 0 Å². The first-order chi connectivity index (χ1) is 37.5. The SMILES string of the molecule is CCCCCCCCCC/C=C\CCCCCCCCCCCCCC(=O)NC(COP(=O)([O-])OCC[N+](C)(C)C)C(O)/C=C/CC/C=C/CCCCCCCCCCCCCCCCCCCCCCCCCCCC. The maximum Gasteiger partial charge on any atom is 0.268 e. The summed E-state index contributed by atoms with van der Waals surface area (Å²) in [5.41, 5.74) is 0. The third kappa shape index (κ3) is 62.2. The molecule has 0 aliphatic heterocycles. The van der Waals surface area contributed by atoms with E-state index in [0.29, 0.717) is 17.4 Å². The van der Waals surface area contributed by atoms with Gasteiger partial charge in [0.25, 0.3) is 7.82 Å². The molecule has 0 aromatic heterocycles. The van der Waals surface area contributed by atoms with E-state index in [1.165, 1.54) is 283 Å². The predicted molar refractivity (Wildman–Crippen MR) is 335 cm³/mol. The standard InChI is InChI=1S/C68H133N2O6P/c1-6-8-10-12-14-16-18-20-22-24-26-28-30-31-32-33-34-35-36-37-38-40-41-43-45-47-49-51-53-55-57-59-61-67(71)66(65-76-77(73,74)75-64-63-70(3,4)5)69-68(72)62-60-58-56-54-52-50-48-46-44-42-39-29-27-25-23-21-19-17-15-13-11-9-7-2/h25,27,51,53,59,61,66-67,71H,6-24,26,28-50,52,54-58,60,62-65H2,1-5H3,(H-,69,72,73,74)/b27-25-,53-51+,61-59+. The first-order valence-corrected chi connectivity index (χ1v) is 35.3. The number of quaternary nitrogens is 1. The number of rotatable bonds is 63. The van der Waals surface area contributed by atoms with Crippen molar-refractivity contribution in [2.45, 2.75) is 353 Å². The van der Waals surface area contributed by atoms with Gasteiger partial charge in [0, 0.05) is 6.42 Å². The fraction of sp³-hybridized carbons (Fsp3) is 0.897. The number of phosphoric acid groups is 1. The van der Waals surface area contributed by atoms with E-state index in [0.717, 1.165) is 38.5 Å². The van der Waals surface area contributed by atoms with Crippen LogP contribution in [0.3, 0.4) is 0 Å². The lowest BCUT2D eigenvalue weighted by atomic mass is 10.0. The lowest BCUT2D eigenvalue weighted by molar-refractivity contribution is -0.870. The van der Waals surface area contributed by atoms with Gasteiger partial charge in [0.05, 0.1) is 39.9 Å². The Morgan fingerprint density at radius 1 is 0.442 bits per heavy atom. The molecule has 0 rings (SSSR count). The zero-order chi connectivity index (χ0) is 56.3. The second kappa shape index (κ2) is 59.3. The van der Waals surface area contributed by atoms with Crippen LogP contribution in [0.25, 0.3) is 0 Å². The van der Waals surface area contributed by atoms with Crippen LogP contribution in [0.5, 0.6) is 0 Å². The van der Waals surface area contributed by atoms with Gasteiger partial charge in [0.1, 0.15) is 13.2 Å². The van der Waals surface area contributed by atoms with Crippen LogP contribution in [0, 0.1) is 0 Å². The Bertz CT molecular complexity index is 1350. The molecular formula is C68H133N2O6P. The third-order valence-electron chi connectivity index (χ3n) is 15.6. The molecule has 0 aromatic rings. The van der Waals surface area contributed by atoms with E-state index >= 15 is 0 Å². The van der Waals surface area contributed by atoms with E-state index in [1.54, 1.807) is 6.08 Å². The Morgan fingerprint density at radius 3 is 1.05 bits per heavy atom. The van der Waals surface area contributed by atoms with Crippen molar-refractivity contribution in [3.8, 4) is 0 Å². The van der Waals surface area contributed by atoms with Gasteiger partial charge in [-0.2, -0.15) is 0 Å². The van der Waals surface area contributed by atoms with Crippen molar-refractivity contribution in [2.75, 3.05) is 40.9 Å². The van der Waals surface area contributed by atoms with Crippen molar-refractivity contribution < 1.29 is 32.9 Å². The maximum absolute atomic E-state index is 13.0. The van der Waals surface area contributed by atoms with Crippen LogP contribution >= 0.6 is 7.82 Å². The van der Waals surface area contributed by atoms with Crippen molar-refractivity contribution in [3.63, 3.8) is 0 Å². The van der Waals surface area contributed by atoms with E-state index < -0.39 is 26.6 Å². The lowest BCUT2D eigenvalue weighted by Crippen LogP contribution is -2.45. The fourth-order valence-corrected chi connectivity index (χ4v) is 11.0. The number of nitrogens with zero attached hydrogens (tertiary/aromatic N) is 1. The van der Waals surface area contributed by atoms with Gasteiger partial charge in [-0.3, -0.25) is 9.36 Å². The fourth-order valence-electron chi connectivity index (χ4n) is 10.3. The van der Waals surface area contributed by atoms with Crippen molar-refractivity contribution in [1.29, 1.82) is 0 Å². The minimum Gasteiger partial charge on any atom is -0.756 e. The average molecular weight is 1110 g/mol. The van der Waals surface area contributed by atoms with Crippen molar-refractivity contribution in [3.05, 3.63) is 36.5 Å². The second-order valence-corrected chi connectivity index (χ2v) is 25.9. The number of unbranched alkanes of at least 4 members (excludes halogenated alkanes) is 46. The summed E-state index contributed by atoms with van der Waals surface area (Å²) in [6.07, 6.45) is 78.4. The van der Waals surface area contributed by atoms with Gasteiger partial charge < -0.3 is 28.8 Å². The highest BCUT2D eigenvalue weighted by Gasteiger charge is 2.23. The molecule has 0 bridgehead atoms. The van der Waals surface area contributed by atoms with Crippen molar-refractivity contribution >= 4 is 13.7 Å². The first-order valence-electron chi connectivity index (χ1n) is 33.9. The summed E-state index contributed by atoms with van der Waals surface area (Å²) in [5.74, 6) is -0.203. The van der Waals surface area contributed by atoms with Crippen molar-refractivity contribution in [1.82, 2.24) is 5.32 Å². The van der Waals surface area contributed by atoms with E-state index in [1.807, 2.05) is 27.2 Å². The number of nitrogens with one attached hydrogen (secondary N) is 1. The highest BCUT2D eigenvalue weighted by atomic mass is 31.2. The zero-order valence-corrected chi connectivity index (χ0v) is 53.1. The van der Waals surface area contributed by atoms with E-state index in [4.69, 9.17) is 9.05 Å². The third-order valence-corrected chi connectivity index (χ3v) is 16.5. The smallest absolute Gasteiger partial charge is 0.268 e. The second-order valence-electron chi connectivity index (χ2n) is 24.5. The maximum atomic E-state index is 13.0. The molecule has 0 aliphatic carbocycles. The number of aliphatic hydroxyl groups excluding tert-OH is 1. The van der Waals surface area contributed by atoms with Gasteiger partial charge in [0.15, 0.2) is 0 Å². The zero-order valence-electron chi connectivity index (χ0n) is 52.2. The monoisotopic (exact) mass is 1100 g/mol. The molecule has 2 N–H and O–H groups in total. The predicted octanol–water partition coefficient (Wildman–Crippen LogP) is 20.6. The van der Waals surface area contributed by atoms with Crippen LogP contribution < -0.4 is 10.2 Å². The molecule has 0 spiro atoms. The summed E-state index contributed by atoms with van der Waals surface area (Å²) in [5, 5.41) is 13.9. The van der Waals surface area contributed by atoms with E-state index in [-0.39, 0.29) is 12.5 Å². The summed E-state index contributed by atoms with van der Waals surface area (Å²) >= 11 is 0. The first kappa shape index (κ1) is 75.7. The van der Waals surface area contributed by atoms with Crippen LogP contribution in [0.15, 0.2) is 36.5 Å². The molecule has 9 heteroatoms. The number of amides is 1. The molecule has 0 saturated carbocycles. The number of phosphoric ester groups is 1. The average Bonchev–Trinajstić information content (AvgIpc) is 3.39. The van der Waals surface area contributed by atoms with Gasteiger partial charge in [-0.1, -0.05) is 314 Å². The molecule has 0 radical (unpaired) electrons.